The van der Waals surface area contributed by atoms with Crippen LogP contribution in [0.2, 0.25) is 0 Å². The first-order valence-electron chi connectivity index (χ1n) is 5.06. The molecule has 0 aliphatic heterocycles. The van der Waals surface area contributed by atoms with E-state index >= 15 is 0 Å². The van der Waals surface area contributed by atoms with Gasteiger partial charge >= 0.3 is 12.1 Å². The monoisotopic (exact) mass is 294 g/mol. The van der Waals surface area contributed by atoms with Crippen LogP contribution in [0.4, 0.5) is 22.0 Å². The van der Waals surface area contributed by atoms with Crippen molar-refractivity contribution in [3.63, 3.8) is 0 Å². The zero-order valence-electron chi connectivity index (χ0n) is 9.96. The molecule has 1 aromatic heterocycles. The van der Waals surface area contributed by atoms with E-state index in [1.54, 1.807) is 0 Å². The van der Waals surface area contributed by atoms with Crippen LogP contribution in [0.1, 0.15) is 28.9 Å². The molecule has 0 radical (unpaired) electrons. The largest absolute Gasteiger partial charge is 0.469 e. The quantitative estimate of drug-likeness (QED) is 0.635. The van der Waals surface area contributed by atoms with Gasteiger partial charge in [0, 0.05) is 5.56 Å². The molecule has 4 nitrogen and oxygen atoms in total. The third-order valence-corrected chi connectivity index (χ3v) is 2.29. The first-order chi connectivity index (χ1) is 9.20. The molecule has 0 N–H and O–H groups in total. The minimum absolute atomic E-state index is 0.388. The van der Waals surface area contributed by atoms with E-state index in [2.05, 4.69) is 9.72 Å². The summed E-state index contributed by atoms with van der Waals surface area (Å²) in [5.41, 5.74) is -4.30. The summed E-state index contributed by atoms with van der Waals surface area (Å²) < 4.78 is 67.4. The van der Waals surface area contributed by atoms with Crippen molar-refractivity contribution in [2.75, 3.05) is 7.11 Å². The maximum absolute atomic E-state index is 12.6. The van der Waals surface area contributed by atoms with Gasteiger partial charge in [-0.1, -0.05) is 0 Å². The number of halogens is 5. The maximum Gasteiger partial charge on any atom is 0.433 e. The lowest BCUT2D eigenvalue weighted by molar-refractivity contribution is -0.144. The zero-order chi connectivity index (χ0) is 15.5. The average Bonchev–Trinajstić information content (AvgIpc) is 2.36. The standard InChI is InChI=1S/C11H7F5N2O2/c1-20-8(19)3-7-5(4-17)2-6(10(12)13)9(18-7)11(14,15)16/h2,10H,3H2,1H3. The van der Waals surface area contributed by atoms with Crippen molar-refractivity contribution in [2.45, 2.75) is 19.0 Å². The third-order valence-electron chi connectivity index (χ3n) is 2.29. The Balaban J connectivity index is 3.47. The molecule has 0 aliphatic carbocycles. The Morgan fingerprint density at radius 2 is 2.10 bits per heavy atom. The summed E-state index contributed by atoms with van der Waals surface area (Å²) in [5.74, 6) is -0.938. The van der Waals surface area contributed by atoms with E-state index < -0.39 is 47.5 Å². The summed E-state index contributed by atoms with van der Waals surface area (Å²) in [6, 6.07) is 1.82. The predicted molar refractivity (Wildman–Crippen MR) is 54.6 cm³/mol. The second-order valence-electron chi connectivity index (χ2n) is 3.58. The number of esters is 1. The molecule has 20 heavy (non-hydrogen) atoms. The van der Waals surface area contributed by atoms with E-state index in [4.69, 9.17) is 5.26 Å². The van der Waals surface area contributed by atoms with Gasteiger partial charge < -0.3 is 4.74 Å². The number of alkyl halides is 5. The normalized spacial score (nSPS) is 11.3. The van der Waals surface area contributed by atoms with Gasteiger partial charge in [0.05, 0.1) is 24.8 Å². The number of hydrogen-bond donors (Lipinski definition) is 0. The summed E-state index contributed by atoms with van der Waals surface area (Å²) in [4.78, 5) is 14.0. The highest BCUT2D eigenvalue weighted by atomic mass is 19.4. The van der Waals surface area contributed by atoms with Crippen molar-refractivity contribution in [3.05, 3.63) is 28.6 Å². The Morgan fingerprint density at radius 1 is 1.50 bits per heavy atom. The number of aromatic nitrogens is 1. The third kappa shape index (κ3) is 3.40. The van der Waals surface area contributed by atoms with Gasteiger partial charge in [-0.05, 0) is 6.07 Å². The highest BCUT2D eigenvalue weighted by Gasteiger charge is 2.38. The molecule has 0 spiro atoms. The molecular formula is C11H7F5N2O2. The number of nitriles is 1. The van der Waals surface area contributed by atoms with Gasteiger partial charge in [-0.2, -0.15) is 18.4 Å². The van der Waals surface area contributed by atoms with Gasteiger partial charge in [0.25, 0.3) is 6.43 Å². The fraction of sp³-hybridized carbons (Fsp3) is 0.364. The molecule has 0 atom stereocenters. The summed E-state index contributed by atoms with van der Waals surface area (Å²) in [5, 5.41) is 8.74. The molecule has 0 saturated heterocycles. The average molecular weight is 294 g/mol. The Bertz CT molecular complexity index is 563. The van der Waals surface area contributed by atoms with E-state index in [1.165, 1.54) is 6.07 Å². The molecule has 0 saturated carbocycles. The molecule has 1 heterocycles. The smallest absolute Gasteiger partial charge is 0.433 e. The first-order valence-corrected chi connectivity index (χ1v) is 5.06. The summed E-state index contributed by atoms with van der Waals surface area (Å²) in [6.07, 6.45) is -9.28. The van der Waals surface area contributed by atoms with E-state index in [-0.39, 0.29) is 0 Å². The Morgan fingerprint density at radius 3 is 2.50 bits per heavy atom. The van der Waals surface area contributed by atoms with Crippen LogP contribution in [0.25, 0.3) is 0 Å². The Hall–Kier alpha value is -2.24. The molecule has 9 heteroatoms. The van der Waals surface area contributed by atoms with Crippen LogP contribution in [0.15, 0.2) is 6.07 Å². The number of rotatable bonds is 3. The molecular weight excluding hydrogens is 287 g/mol. The highest BCUT2D eigenvalue weighted by Crippen LogP contribution is 2.36. The molecule has 0 aromatic carbocycles. The molecule has 108 valence electrons. The van der Waals surface area contributed by atoms with E-state index in [0.717, 1.165) is 7.11 Å². The van der Waals surface area contributed by atoms with Gasteiger partial charge in [-0.15, -0.1) is 0 Å². The molecule has 1 rings (SSSR count). The Labute approximate surface area is 109 Å². The van der Waals surface area contributed by atoms with Crippen LogP contribution >= 0.6 is 0 Å². The first kappa shape index (κ1) is 15.8. The number of methoxy groups -OCH3 is 1. The van der Waals surface area contributed by atoms with Gasteiger partial charge in [-0.3, -0.25) is 4.79 Å². The van der Waals surface area contributed by atoms with Crippen LogP contribution < -0.4 is 0 Å². The SMILES string of the molecule is COC(=O)Cc1nc(C(F)(F)F)c(C(F)F)cc1C#N. The molecule has 0 amide bonds. The van der Waals surface area contributed by atoms with Crippen LogP contribution in [0.3, 0.4) is 0 Å². The summed E-state index contributed by atoms with van der Waals surface area (Å²) in [7, 11) is 0.993. The van der Waals surface area contributed by atoms with Crippen LogP contribution in [0.5, 0.6) is 0 Å². The van der Waals surface area contributed by atoms with Crippen molar-refractivity contribution < 1.29 is 31.5 Å². The number of nitrogens with zero attached hydrogens (tertiary/aromatic N) is 2. The van der Waals surface area contributed by atoms with E-state index in [9.17, 15) is 26.7 Å². The van der Waals surface area contributed by atoms with Crippen LogP contribution in [-0.4, -0.2) is 18.1 Å². The van der Waals surface area contributed by atoms with Crippen molar-refractivity contribution in [1.29, 1.82) is 5.26 Å². The minimum atomic E-state index is -5.12. The summed E-state index contributed by atoms with van der Waals surface area (Å²) >= 11 is 0. The van der Waals surface area contributed by atoms with Crippen LogP contribution in [-0.2, 0) is 22.1 Å². The Kier molecular flexibility index (Phi) is 4.60. The molecule has 0 fully saturated rings. The summed E-state index contributed by atoms with van der Waals surface area (Å²) in [6.45, 7) is 0. The number of pyridine rings is 1. The van der Waals surface area contributed by atoms with Gasteiger partial charge in [-0.25, -0.2) is 13.8 Å². The molecule has 0 aliphatic rings. The molecule has 0 unspecified atom stereocenters. The number of carbonyl (C=O) groups is 1. The predicted octanol–water partition coefficient (Wildman–Crippen LogP) is 2.63. The molecule has 0 bridgehead atoms. The maximum atomic E-state index is 12.6. The second kappa shape index (κ2) is 5.81. The fourth-order valence-electron chi connectivity index (χ4n) is 1.40. The number of hydrogen-bond acceptors (Lipinski definition) is 4. The van der Waals surface area contributed by atoms with Crippen molar-refractivity contribution >= 4 is 5.97 Å². The topological polar surface area (TPSA) is 63.0 Å². The van der Waals surface area contributed by atoms with Crippen LogP contribution in [0, 0.1) is 11.3 Å². The molecule has 1 aromatic rings. The highest BCUT2D eigenvalue weighted by molar-refractivity contribution is 5.72. The van der Waals surface area contributed by atoms with Gasteiger partial charge in [0.15, 0.2) is 5.69 Å². The second-order valence-corrected chi connectivity index (χ2v) is 3.58. The lowest BCUT2D eigenvalue weighted by Crippen LogP contribution is -2.17. The zero-order valence-corrected chi connectivity index (χ0v) is 9.96. The van der Waals surface area contributed by atoms with E-state index in [1.807, 2.05) is 0 Å². The van der Waals surface area contributed by atoms with E-state index in [0.29, 0.717) is 6.07 Å². The number of carbonyl (C=O) groups excluding carboxylic acids is 1. The fourth-order valence-corrected chi connectivity index (χ4v) is 1.40. The van der Waals surface area contributed by atoms with Crippen molar-refractivity contribution in [2.24, 2.45) is 0 Å². The lowest BCUT2D eigenvalue weighted by atomic mass is 10.1. The van der Waals surface area contributed by atoms with Gasteiger partial charge in [0.2, 0.25) is 0 Å². The lowest BCUT2D eigenvalue weighted by Gasteiger charge is -2.13. The minimum Gasteiger partial charge on any atom is -0.469 e. The van der Waals surface area contributed by atoms with Crippen molar-refractivity contribution in [3.8, 4) is 6.07 Å². The van der Waals surface area contributed by atoms with Crippen molar-refractivity contribution in [1.82, 2.24) is 4.98 Å². The van der Waals surface area contributed by atoms with Gasteiger partial charge in [0.1, 0.15) is 6.07 Å². The number of ether oxygens (including phenoxy) is 1.